The van der Waals surface area contributed by atoms with Crippen molar-refractivity contribution >= 4 is 5.97 Å². The van der Waals surface area contributed by atoms with Crippen LogP contribution in [0.3, 0.4) is 0 Å². The molecule has 4 nitrogen and oxygen atoms in total. The zero-order valence-electron chi connectivity index (χ0n) is 9.61. The van der Waals surface area contributed by atoms with Crippen LogP contribution in [0.15, 0.2) is 12.1 Å². The van der Waals surface area contributed by atoms with Crippen molar-refractivity contribution in [3.63, 3.8) is 0 Å². The van der Waals surface area contributed by atoms with E-state index in [9.17, 15) is 18.7 Å². The number of esters is 1. The first-order valence-electron chi connectivity index (χ1n) is 5.19. The highest BCUT2D eigenvalue weighted by Gasteiger charge is 2.18. The smallest absolute Gasteiger partial charge is 0.310 e. The van der Waals surface area contributed by atoms with E-state index in [-0.39, 0.29) is 24.2 Å². The van der Waals surface area contributed by atoms with Gasteiger partial charge in [0.15, 0.2) is 0 Å². The van der Waals surface area contributed by atoms with E-state index >= 15 is 0 Å². The van der Waals surface area contributed by atoms with Crippen LogP contribution >= 0.6 is 0 Å². The number of nitriles is 1. The van der Waals surface area contributed by atoms with Gasteiger partial charge in [0.05, 0.1) is 24.7 Å². The quantitative estimate of drug-likeness (QED) is 0.838. The van der Waals surface area contributed by atoms with E-state index in [0.29, 0.717) is 0 Å². The van der Waals surface area contributed by atoms with Gasteiger partial charge in [0.25, 0.3) is 6.43 Å². The maximum atomic E-state index is 12.6. The number of phenolic OH excluding ortho intramolecular Hbond substituents is 1. The normalized spacial score (nSPS) is 10.2. The minimum absolute atomic E-state index is 0.0920. The third-order valence-electron chi connectivity index (χ3n) is 2.25. The number of rotatable bonds is 4. The lowest BCUT2D eigenvalue weighted by Gasteiger charge is -2.08. The summed E-state index contributed by atoms with van der Waals surface area (Å²) in [4.78, 5) is 11.2. The molecule has 0 bridgehead atoms. The van der Waals surface area contributed by atoms with Gasteiger partial charge in [-0.3, -0.25) is 4.79 Å². The van der Waals surface area contributed by atoms with Crippen molar-refractivity contribution in [3.8, 4) is 11.8 Å². The topological polar surface area (TPSA) is 70.3 Å². The number of carbonyl (C=O) groups is 1. The molecule has 1 aromatic carbocycles. The summed E-state index contributed by atoms with van der Waals surface area (Å²) >= 11 is 0. The first-order valence-corrected chi connectivity index (χ1v) is 5.19. The van der Waals surface area contributed by atoms with E-state index < -0.39 is 23.7 Å². The lowest BCUT2D eigenvalue weighted by Crippen LogP contribution is -2.08. The number of alkyl halides is 2. The maximum absolute atomic E-state index is 12.6. The molecule has 0 atom stereocenters. The molecule has 1 rings (SSSR count). The molecule has 0 saturated carbocycles. The average molecular weight is 255 g/mol. The molecule has 0 radical (unpaired) electrons. The van der Waals surface area contributed by atoms with Gasteiger partial charge in [-0.2, -0.15) is 5.26 Å². The van der Waals surface area contributed by atoms with Crippen LogP contribution in [0, 0.1) is 11.3 Å². The predicted octanol–water partition coefficient (Wildman–Crippen LogP) is 2.31. The standard InChI is InChI=1S/C12H11F2NO3/c1-2-18-11(17)4-7-3-8(6-15)9(12(13)14)5-10(7)16/h3,5,12,16H,2,4H2,1H3. The first kappa shape index (κ1) is 13.9. The summed E-state index contributed by atoms with van der Waals surface area (Å²) in [6.07, 6.45) is -3.13. The Hall–Kier alpha value is -2.16. The lowest BCUT2D eigenvalue weighted by atomic mass is 10.0. The first-order chi connectivity index (χ1) is 8.49. The van der Waals surface area contributed by atoms with Crippen molar-refractivity contribution in [2.45, 2.75) is 19.8 Å². The van der Waals surface area contributed by atoms with Crippen LogP contribution in [0.25, 0.3) is 0 Å². The molecule has 0 fully saturated rings. The Morgan fingerprint density at radius 2 is 2.22 bits per heavy atom. The van der Waals surface area contributed by atoms with Gasteiger partial charge in [-0.25, -0.2) is 8.78 Å². The van der Waals surface area contributed by atoms with Gasteiger partial charge in [-0.1, -0.05) is 0 Å². The molecular weight excluding hydrogens is 244 g/mol. The molecule has 0 aliphatic rings. The fraction of sp³-hybridized carbons (Fsp3) is 0.333. The van der Waals surface area contributed by atoms with Crippen LogP contribution in [0.2, 0.25) is 0 Å². The number of hydrogen-bond acceptors (Lipinski definition) is 4. The molecular formula is C12H11F2NO3. The predicted molar refractivity (Wildman–Crippen MR) is 58.1 cm³/mol. The van der Waals surface area contributed by atoms with E-state index in [2.05, 4.69) is 4.74 Å². The summed E-state index contributed by atoms with van der Waals surface area (Å²) in [5.41, 5.74) is -0.723. The highest BCUT2D eigenvalue weighted by Crippen LogP contribution is 2.29. The molecule has 1 aromatic rings. The summed E-state index contributed by atoms with van der Waals surface area (Å²) < 4.78 is 29.8. The van der Waals surface area contributed by atoms with Gasteiger partial charge in [-0.05, 0) is 19.1 Å². The van der Waals surface area contributed by atoms with Crippen LogP contribution in [0.5, 0.6) is 5.75 Å². The Kier molecular flexibility index (Phi) is 4.60. The van der Waals surface area contributed by atoms with Crippen LogP contribution in [0.4, 0.5) is 8.78 Å². The highest BCUT2D eigenvalue weighted by atomic mass is 19.3. The summed E-state index contributed by atoms with van der Waals surface area (Å²) in [6.45, 7) is 1.80. The number of phenols is 1. The van der Waals surface area contributed by atoms with Crippen molar-refractivity contribution in [2.75, 3.05) is 6.61 Å². The minimum Gasteiger partial charge on any atom is -0.508 e. The Morgan fingerprint density at radius 3 is 2.72 bits per heavy atom. The SMILES string of the molecule is CCOC(=O)Cc1cc(C#N)c(C(F)F)cc1O. The van der Waals surface area contributed by atoms with Gasteiger partial charge in [0, 0.05) is 11.1 Å². The fourth-order valence-electron chi connectivity index (χ4n) is 1.44. The van der Waals surface area contributed by atoms with E-state index in [1.807, 2.05) is 0 Å². The van der Waals surface area contributed by atoms with Crippen molar-refractivity contribution in [1.29, 1.82) is 5.26 Å². The van der Waals surface area contributed by atoms with Crippen molar-refractivity contribution < 1.29 is 23.4 Å². The van der Waals surface area contributed by atoms with Gasteiger partial charge >= 0.3 is 5.97 Å². The Morgan fingerprint density at radius 1 is 1.56 bits per heavy atom. The molecule has 0 aliphatic heterocycles. The maximum Gasteiger partial charge on any atom is 0.310 e. The van der Waals surface area contributed by atoms with Crippen LogP contribution < -0.4 is 0 Å². The summed E-state index contributed by atoms with van der Waals surface area (Å²) in [5.74, 6) is -1.04. The summed E-state index contributed by atoms with van der Waals surface area (Å²) in [6, 6.07) is 3.49. The minimum atomic E-state index is -2.86. The van der Waals surface area contributed by atoms with Gasteiger partial charge < -0.3 is 9.84 Å². The number of hydrogen-bond donors (Lipinski definition) is 1. The summed E-state index contributed by atoms with van der Waals surface area (Å²) in [5, 5.41) is 18.3. The van der Waals surface area contributed by atoms with Crippen molar-refractivity contribution in [3.05, 3.63) is 28.8 Å². The number of ether oxygens (including phenoxy) is 1. The van der Waals surface area contributed by atoms with Crippen LogP contribution in [-0.4, -0.2) is 17.7 Å². The molecule has 18 heavy (non-hydrogen) atoms. The Labute approximate surface area is 102 Å². The Balaban J connectivity index is 3.09. The lowest BCUT2D eigenvalue weighted by molar-refractivity contribution is -0.142. The molecule has 0 saturated heterocycles. The second-order valence-corrected chi connectivity index (χ2v) is 3.46. The molecule has 6 heteroatoms. The number of halogens is 2. The van der Waals surface area contributed by atoms with Crippen molar-refractivity contribution in [1.82, 2.24) is 0 Å². The second-order valence-electron chi connectivity index (χ2n) is 3.46. The average Bonchev–Trinajstić information content (AvgIpc) is 2.31. The largest absolute Gasteiger partial charge is 0.508 e. The third kappa shape index (κ3) is 3.17. The van der Waals surface area contributed by atoms with Gasteiger partial charge in [0.1, 0.15) is 5.75 Å². The molecule has 0 heterocycles. The van der Waals surface area contributed by atoms with Crippen LogP contribution in [-0.2, 0) is 16.0 Å². The fourth-order valence-corrected chi connectivity index (χ4v) is 1.44. The van der Waals surface area contributed by atoms with E-state index in [1.54, 1.807) is 13.0 Å². The molecule has 0 spiro atoms. The molecule has 0 aromatic heterocycles. The number of benzene rings is 1. The van der Waals surface area contributed by atoms with E-state index in [0.717, 1.165) is 12.1 Å². The van der Waals surface area contributed by atoms with Gasteiger partial charge in [0.2, 0.25) is 0 Å². The zero-order chi connectivity index (χ0) is 13.7. The number of aromatic hydroxyl groups is 1. The van der Waals surface area contributed by atoms with E-state index in [1.165, 1.54) is 0 Å². The van der Waals surface area contributed by atoms with Gasteiger partial charge in [-0.15, -0.1) is 0 Å². The van der Waals surface area contributed by atoms with Crippen molar-refractivity contribution in [2.24, 2.45) is 0 Å². The summed E-state index contributed by atoms with van der Waals surface area (Å²) in [7, 11) is 0. The highest BCUT2D eigenvalue weighted by molar-refractivity contribution is 5.74. The monoisotopic (exact) mass is 255 g/mol. The van der Waals surface area contributed by atoms with E-state index in [4.69, 9.17) is 5.26 Å². The number of nitrogens with zero attached hydrogens (tertiary/aromatic N) is 1. The molecule has 0 amide bonds. The molecule has 1 N–H and O–H groups in total. The van der Waals surface area contributed by atoms with Crippen LogP contribution in [0.1, 0.15) is 30.0 Å². The third-order valence-corrected chi connectivity index (χ3v) is 2.25. The zero-order valence-corrected chi connectivity index (χ0v) is 9.61. The molecule has 0 aliphatic carbocycles. The Bertz CT molecular complexity index is 495. The number of carbonyl (C=O) groups excluding carboxylic acids is 1. The molecule has 0 unspecified atom stereocenters. The second kappa shape index (κ2) is 5.96. The molecule has 96 valence electrons.